The van der Waals surface area contributed by atoms with Gasteiger partial charge in [-0.05, 0) is 60.8 Å². The smallest absolute Gasteiger partial charge is 0.323 e. The number of fused-ring (bicyclic) bond motifs is 2. The van der Waals surface area contributed by atoms with Crippen molar-refractivity contribution in [2.45, 2.75) is 32.4 Å². The summed E-state index contributed by atoms with van der Waals surface area (Å²) in [5.74, 6) is 0.787. The molecule has 4 N–H and O–H groups in total. The van der Waals surface area contributed by atoms with Crippen molar-refractivity contribution in [2.75, 3.05) is 49.8 Å². The van der Waals surface area contributed by atoms with E-state index in [1.54, 1.807) is 73.3 Å². The average Bonchev–Trinajstić information content (AvgIpc) is 3.11. The summed E-state index contributed by atoms with van der Waals surface area (Å²) in [6.45, 7) is 4.13. The first kappa shape index (κ1) is 33.1. The number of aliphatic hydroxyl groups excluding tert-OH is 1. The van der Waals surface area contributed by atoms with Gasteiger partial charge in [-0.25, -0.2) is 9.59 Å². The van der Waals surface area contributed by atoms with Crippen molar-refractivity contribution in [2.24, 2.45) is 5.92 Å². The molecule has 3 atom stereocenters. The maximum Gasteiger partial charge on any atom is 0.323 e. The van der Waals surface area contributed by atoms with Gasteiger partial charge >= 0.3 is 12.1 Å². The number of ether oxygens (including phenoxy) is 2. The minimum Gasteiger partial charge on any atom is -0.497 e. The first-order valence-electron chi connectivity index (χ1n) is 15.6. The highest BCUT2D eigenvalue weighted by atomic mass is 16.5. The molecule has 1 heterocycles. The van der Waals surface area contributed by atoms with Crippen LogP contribution in [0.25, 0.3) is 10.8 Å². The first-order valence-corrected chi connectivity index (χ1v) is 15.6. The molecule has 0 saturated heterocycles. The van der Waals surface area contributed by atoms with Crippen LogP contribution in [0.1, 0.15) is 19.4 Å². The summed E-state index contributed by atoms with van der Waals surface area (Å²) < 4.78 is 11.7. The number of nitrogens with one attached hydrogen (secondary N) is 3. The third-order valence-corrected chi connectivity index (χ3v) is 8.35. The van der Waals surface area contributed by atoms with Crippen LogP contribution in [0.4, 0.5) is 26.7 Å². The van der Waals surface area contributed by atoms with Crippen LogP contribution in [0.5, 0.6) is 11.5 Å². The predicted molar refractivity (Wildman–Crippen MR) is 183 cm³/mol. The van der Waals surface area contributed by atoms with Crippen molar-refractivity contribution in [1.82, 2.24) is 9.80 Å². The number of benzene rings is 4. The van der Waals surface area contributed by atoms with Gasteiger partial charge in [0.25, 0.3) is 0 Å². The molecule has 4 aromatic carbocycles. The second-order valence-electron chi connectivity index (χ2n) is 11.9. The number of urea groups is 2. The van der Waals surface area contributed by atoms with Gasteiger partial charge < -0.3 is 40.3 Å². The normalized spacial score (nSPS) is 16.9. The van der Waals surface area contributed by atoms with Gasteiger partial charge in [-0.15, -0.1) is 0 Å². The third kappa shape index (κ3) is 8.11. The van der Waals surface area contributed by atoms with Crippen LogP contribution in [0.3, 0.4) is 0 Å². The molecule has 4 aromatic rings. The minimum atomic E-state index is -0.492. The molecule has 11 nitrogen and oxygen atoms in total. The van der Waals surface area contributed by atoms with Gasteiger partial charge in [0.05, 0.1) is 38.4 Å². The highest BCUT2D eigenvalue weighted by molar-refractivity contribution is 6.01. The molecule has 11 heteroatoms. The quantitative estimate of drug-likeness (QED) is 0.193. The fraction of sp³-hybridized carbons (Fsp3) is 0.306. The van der Waals surface area contributed by atoms with Crippen LogP contribution in [0.15, 0.2) is 84.9 Å². The molecule has 5 amide bonds. The molecule has 1 aliphatic rings. The van der Waals surface area contributed by atoms with E-state index in [0.29, 0.717) is 40.7 Å². The van der Waals surface area contributed by atoms with E-state index in [2.05, 4.69) is 16.0 Å². The first-order chi connectivity index (χ1) is 22.6. The van der Waals surface area contributed by atoms with E-state index in [1.807, 2.05) is 49.4 Å². The third-order valence-electron chi connectivity index (χ3n) is 8.35. The number of amides is 5. The van der Waals surface area contributed by atoms with E-state index < -0.39 is 18.2 Å². The maximum absolute atomic E-state index is 13.6. The zero-order chi connectivity index (χ0) is 33.5. The van der Waals surface area contributed by atoms with Crippen molar-refractivity contribution in [3.8, 4) is 11.5 Å². The highest BCUT2D eigenvalue weighted by Gasteiger charge is 2.32. The molecule has 0 saturated carbocycles. The summed E-state index contributed by atoms with van der Waals surface area (Å²) in [4.78, 5) is 43.0. The standard InChI is InChI=1S/C36H41N5O6/c1-23-20-41(24(2)22-42)34(43)19-26-18-28(38-35(44)37-27-12-15-29(46-4)16-13-27)14-17-32(26)47-33(23)21-40(3)36(45)39-31-11-7-9-25-8-5-6-10-30(25)31/h5-18,23-24,33,42H,19-22H2,1-4H3,(H,39,45)(H2,37,38,44)/t23-,24-,33-/m1/s1. The number of likely N-dealkylation sites (N-methyl/N-ethyl adjacent to an activating group) is 1. The predicted octanol–water partition coefficient (Wildman–Crippen LogP) is 5.81. The largest absolute Gasteiger partial charge is 0.497 e. The van der Waals surface area contributed by atoms with Crippen molar-refractivity contribution in [1.29, 1.82) is 0 Å². The van der Waals surface area contributed by atoms with Crippen molar-refractivity contribution in [3.05, 3.63) is 90.5 Å². The fourth-order valence-corrected chi connectivity index (χ4v) is 5.59. The summed E-state index contributed by atoms with van der Waals surface area (Å²) in [6, 6.07) is 24.5. The Kier molecular flexibility index (Phi) is 10.5. The van der Waals surface area contributed by atoms with E-state index in [0.717, 1.165) is 10.8 Å². The van der Waals surface area contributed by atoms with E-state index in [-0.39, 0.29) is 37.4 Å². The second-order valence-corrected chi connectivity index (χ2v) is 11.9. The molecule has 47 heavy (non-hydrogen) atoms. The summed E-state index contributed by atoms with van der Waals surface area (Å²) in [5, 5.41) is 20.5. The zero-order valence-electron chi connectivity index (χ0n) is 27.0. The Labute approximate surface area is 274 Å². The van der Waals surface area contributed by atoms with Crippen LogP contribution in [-0.4, -0.2) is 78.9 Å². The molecule has 0 spiro atoms. The van der Waals surface area contributed by atoms with Crippen molar-refractivity contribution in [3.63, 3.8) is 0 Å². The molecular formula is C36H41N5O6. The van der Waals surface area contributed by atoms with Crippen molar-refractivity contribution < 1.29 is 29.0 Å². The van der Waals surface area contributed by atoms with Crippen LogP contribution in [-0.2, 0) is 11.2 Å². The Morgan fingerprint density at radius 2 is 1.70 bits per heavy atom. The highest BCUT2D eigenvalue weighted by Crippen LogP contribution is 2.30. The van der Waals surface area contributed by atoms with Gasteiger partial charge in [0.1, 0.15) is 17.6 Å². The second kappa shape index (κ2) is 14.9. The van der Waals surface area contributed by atoms with Crippen molar-refractivity contribution >= 4 is 45.8 Å². The summed E-state index contributed by atoms with van der Waals surface area (Å²) in [6.07, 6.45) is -0.486. The Balaban J connectivity index is 1.35. The lowest BCUT2D eigenvalue weighted by Gasteiger charge is -2.34. The molecule has 5 rings (SSSR count). The Morgan fingerprint density at radius 3 is 2.45 bits per heavy atom. The van der Waals surface area contributed by atoms with Gasteiger partial charge in [-0.3, -0.25) is 4.79 Å². The molecular weight excluding hydrogens is 598 g/mol. The summed E-state index contributed by atoms with van der Waals surface area (Å²) >= 11 is 0. The van der Waals surface area contributed by atoms with Gasteiger partial charge in [-0.2, -0.15) is 0 Å². The SMILES string of the molecule is COc1ccc(NC(=O)Nc2ccc3c(c2)CC(=O)N([C@H](C)CO)C[C@@H](C)[C@@H](CN(C)C(=O)Nc2cccc4ccccc24)O3)cc1. The number of anilines is 3. The monoisotopic (exact) mass is 639 g/mol. The molecule has 0 fully saturated rings. The lowest BCUT2D eigenvalue weighted by atomic mass is 10.0. The van der Waals surface area contributed by atoms with Gasteiger partial charge in [-0.1, -0.05) is 43.3 Å². The summed E-state index contributed by atoms with van der Waals surface area (Å²) in [7, 11) is 3.28. The molecule has 0 aliphatic carbocycles. The number of hydrogen-bond acceptors (Lipinski definition) is 6. The van der Waals surface area contributed by atoms with Crippen LogP contribution < -0.4 is 25.4 Å². The zero-order valence-corrected chi connectivity index (χ0v) is 27.0. The molecule has 1 aliphatic heterocycles. The lowest BCUT2D eigenvalue weighted by molar-refractivity contribution is -0.134. The van der Waals surface area contributed by atoms with Gasteiger partial charge in [0.15, 0.2) is 0 Å². The topological polar surface area (TPSA) is 132 Å². The molecule has 0 aromatic heterocycles. The number of carbonyl (C=O) groups is 3. The van der Waals surface area contributed by atoms with E-state index in [9.17, 15) is 19.5 Å². The maximum atomic E-state index is 13.6. The molecule has 0 radical (unpaired) electrons. The number of methoxy groups -OCH3 is 1. The van der Waals surface area contributed by atoms with Gasteiger partial charge in [0.2, 0.25) is 5.91 Å². The van der Waals surface area contributed by atoms with E-state index >= 15 is 0 Å². The number of nitrogens with zero attached hydrogens (tertiary/aromatic N) is 2. The number of rotatable bonds is 8. The number of carbonyl (C=O) groups excluding carboxylic acids is 3. The van der Waals surface area contributed by atoms with Crippen LogP contribution >= 0.6 is 0 Å². The minimum absolute atomic E-state index is 0.00609. The van der Waals surface area contributed by atoms with E-state index in [4.69, 9.17) is 9.47 Å². The lowest BCUT2D eigenvalue weighted by Crippen LogP contribution is -2.48. The Hall–Kier alpha value is -5.29. The number of aliphatic hydroxyl groups is 1. The Bertz CT molecular complexity index is 1720. The summed E-state index contributed by atoms with van der Waals surface area (Å²) in [5.41, 5.74) is 2.35. The molecule has 0 unspecified atom stereocenters. The molecule has 0 bridgehead atoms. The average molecular weight is 640 g/mol. The number of hydrogen-bond donors (Lipinski definition) is 4. The fourth-order valence-electron chi connectivity index (χ4n) is 5.59. The van der Waals surface area contributed by atoms with E-state index in [1.165, 1.54) is 0 Å². The van der Waals surface area contributed by atoms with Crippen LogP contribution in [0.2, 0.25) is 0 Å². The van der Waals surface area contributed by atoms with Gasteiger partial charge in [0, 0.05) is 41.8 Å². The van der Waals surface area contributed by atoms with Crippen LogP contribution in [0, 0.1) is 5.92 Å². The Morgan fingerprint density at radius 1 is 1.00 bits per heavy atom. The molecule has 246 valence electrons.